The lowest BCUT2D eigenvalue weighted by Crippen LogP contribution is -2.42. The van der Waals surface area contributed by atoms with Gasteiger partial charge >= 0.3 is 5.97 Å². The highest BCUT2D eigenvalue weighted by Gasteiger charge is 2.25. The van der Waals surface area contributed by atoms with Crippen molar-refractivity contribution < 1.29 is 14.3 Å². The molecular formula is C20H26N4O3. The van der Waals surface area contributed by atoms with Crippen molar-refractivity contribution in [2.75, 3.05) is 0 Å². The standard InChI is InChI=1S/C20H26N4O3/c1-14-18(23-24(22-14)17-12-8-5-9-13-17)20(26)27-15(2)19(25)21-16-10-6-3-4-7-11-16/h5,8-9,12-13,15-16H,3-4,6-7,10-11H2,1-2H3,(H,21,25)/t15-/m0/s1. The van der Waals surface area contributed by atoms with Crippen molar-refractivity contribution in [3.63, 3.8) is 0 Å². The number of hydrogen-bond acceptors (Lipinski definition) is 5. The average molecular weight is 370 g/mol. The Labute approximate surface area is 159 Å². The number of benzene rings is 1. The number of esters is 1. The molecule has 7 heteroatoms. The molecule has 144 valence electrons. The van der Waals surface area contributed by atoms with Gasteiger partial charge < -0.3 is 10.1 Å². The van der Waals surface area contributed by atoms with Crippen molar-refractivity contribution in [2.45, 2.75) is 64.5 Å². The van der Waals surface area contributed by atoms with E-state index in [1.807, 2.05) is 30.3 Å². The number of amides is 1. The number of nitrogens with one attached hydrogen (secondary N) is 1. The van der Waals surface area contributed by atoms with Crippen LogP contribution in [0.4, 0.5) is 0 Å². The number of hydrogen-bond donors (Lipinski definition) is 1. The summed E-state index contributed by atoms with van der Waals surface area (Å²) >= 11 is 0. The second kappa shape index (κ2) is 8.79. The van der Waals surface area contributed by atoms with Crippen molar-refractivity contribution in [3.05, 3.63) is 41.7 Å². The third-order valence-electron chi connectivity index (χ3n) is 4.82. The van der Waals surface area contributed by atoms with E-state index < -0.39 is 12.1 Å². The topological polar surface area (TPSA) is 86.1 Å². The van der Waals surface area contributed by atoms with Crippen LogP contribution in [0.5, 0.6) is 0 Å². The molecule has 0 spiro atoms. The van der Waals surface area contributed by atoms with Crippen molar-refractivity contribution >= 4 is 11.9 Å². The second-order valence-electron chi connectivity index (χ2n) is 7.00. The monoisotopic (exact) mass is 370 g/mol. The Hall–Kier alpha value is -2.70. The van der Waals surface area contributed by atoms with Gasteiger partial charge in [-0.15, -0.1) is 5.10 Å². The number of ether oxygens (including phenoxy) is 1. The number of aryl methyl sites for hydroxylation is 1. The summed E-state index contributed by atoms with van der Waals surface area (Å²) in [7, 11) is 0. The van der Waals surface area contributed by atoms with Crippen LogP contribution < -0.4 is 5.32 Å². The average Bonchev–Trinajstić information content (AvgIpc) is 2.88. The number of nitrogens with zero attached hydrogens (tertiary/aromatic N) is 3. The zero-order chi connectivity index (χ0) is 19.2. The molecule has 3 rings (SSSR count). The second-order valence-corrected chi connectivity index (χ2v) is 7.00. The van der Waals surface area contributed by atoms with Gasteiger partial charge in [0.15, 0.2) is 11.8 Å². The van der Waals surface area contributed by atoms with Crippen LogP contribution in [-0.4, -0.2) is 39.0 Å². The molecule has 1 fully saturated rings. The van der Waals surface area contributed by atoms with Crippen molar-refractivity contribution in [3.8, 4) is 5.69 Å². The van der Waals surface area contributed by atoms with E-state index in [1.54, 1.807) is 13.8 Å². The minimum atomic E-state index is -0.873. The molecule has 1 aromatic carbocycles. The number of para-hydroxylation sites is 1. The lowest BCUT2D eigenvalue weighted by atomic mass is 10.1. The highest BCUT2D eigenvalue weighted by Crippen LogP contribution is 2.17. The van der Waals surface area contributed by atoms with Crippen molar-refractivity contribution in [1.82, 2.24) is 20.3 Å². The van der Waals surface area contributed by atoms with Crippen LogP contribution in [0.3, 0.4) is 0 Å². The Morgan fingerprint density at radius 3 is 2.44 bits per heavy atom. The third kappa shape index (κ3) is 4.93. The number of carbonyl (C=O) groups excluding carboxylic acids is 2. The van der Waals surface area contributed by atoms with E-state index in [4.69, 9.17) is 4.74 Å². The summed E-state index contributed by atoms with van der Waals surface area (Å²) in [5.41, 5.74) is 1.33. The molecule has 1 N–H and O–H groups in total. The van der Waals surface area contributed by atoms with Crippen molar-refractivity contribution in [2.24, 2.45) is 0 Å². The van der Waals surface area contributed by atoms with E-state index in [0.717, 1.165) is 31.4 Å². The van der Waals surface area contributed by atoms with E-state index in [0.29, 0.717) is 5.69 Å². The Bertz CT molecular complexity index is 780. The Balaban J connectivity index is 1.61. The molecular weight excluding hydrogens is 344 g/mol. The summed E-state index contributed by atoms with van der Waals surface area (Å²) in [6, 6.07) is 9.48. The first kappa shape index (κ1) is 19.1. The van der Waals surface area contributed by atoms with Gasteiger partial charge in [-0.1, -0.05) is 43.9 Å². The summed E-state index contributed by atoms with van der Waals surface area (Å²) in [4.78, 5) is 26.2. The van der Waals surface area contributed by atoms with Crippen molar-refractivity contribution in [1.29, 1.82) is 0 Å². The van der Waals surface area contributed by atoms with Crippen LogP contribution in [0, 0.1) is 6.92 Å². The number of carbonyl (C=O) groups is 2. The van der Waals surface area contributed by atoms with Crippen LogP contribution in [0.15, 0.2) is 30.3 Å². The van der Waals surface area contributed by atoms with Crippen LogP contribution in [0.1, 0.15) is 61.6 Å². The van der Waals surface area contributed by atoms with Gasteiger partial charge in [-0.3, -0.25) is 4.79 Å². The molecule has 0 radical (unpaired) electrons. The molecule has 27 heavy (non-hydrogen) atoms. The molecule has 1 aromatic heterocycles. The molecule has 0 unspecified atom stereocenters. The zero-order valence-corrected chi connectivity index (χ0v) is 15.9. The molecule has 1 aliphatic rings. The number of aromatic nitrogens is 3. The minimum absolute atomic E-state index is 0.118. The van der Waals surface area contributed by atoms with Gasteiger partial charge in [0.05, 0.1) is 11.4 Å². The first-order valence-corrected chi connectivity index (χ1v) is 9.55. The fraction of sp³-hybridized carbons (Fsp3) is 0.500. The molecule has 1 heterocycles. The van der Waals surface area contributed by atoms with E-state index in [9.17, 15) is 9.59 Å². The smallest absolute Gasteiger partial charge is 0.361 e. The third-order valence-corrected chi connectivity index (χ3v) is 4.82. The first-order valence-electron chi connectivity index (χ1n) is 9.55. The quantitative estimate of drug-likeness (QED) is 0.646. The van der Waals surface area contributed by atoms with Crippen LogP contribution in [-0.2, 0) is 9.53 Å². The Morgan fingerprint density at radius 1 is 1.11 bits per heavy atom. The van der Waals surface area contributed by atoms with Gasteiger partial charge in [0, 0.05) is 6.04 Å². The SMILES string of the molecule is Cc1nn(-c2ccccc2)nc1C(=O)O[C@@H](C)C(=O)NC1CCCCCC1. The first-order chi connectivity index (χ1) is 13.0. The molecule has 0 bridgehead atoms. The van der Waals surface area contributed by atoms with Gasteiger partial charge in [0.1, 0.15) is 0 Å². The molecule has 2 aromatic rings. The summed E-state index contributed by atoms with van der Waals surface area (Å²) in [6.07, 6.45) is 5.78. The van der Waals surface area contributed by atoms with Gasteiger partial charge in [-0.05, 0) is 38.8 Å². The highest BCUT2D eigenvalue weighted by atomic mass is 16.5. The molecule has 1 atom stereocenters. The Morgan fingerprint density at radius 2 is 1.78 bits per heavy atom. The normalized spacial score (nSPS) is 16.4. The maximum atomic E-state index is 12.5. The van der Waals surface area contributed by atoms with E-state index in [2.05, 4.69) is 15.5 Å². The molecule has 0 aliphatic heterocycles. The van der Waals surface area contributed by atoms with Crippen LogP contribution in [0.25, 0.3) is 5.69 Å². The molecule has 7 nitrogen and oxygen atoms in total. The summed E-state index contributed by atoms with van der Waals surface area (Å²) in [5, 5.41) is 11.5. The molecule has 0 saturated heterocycles. The Kier molecular flexibility index (Phi) is 6.21. The summed E-state index contributed by atoms with van der Waals surface area (Å²) < 4.78 is 5.33. The van der Waals surface area contributed by atoms with Gasteiger partial charge in [0.2, 0.25) is 0 Å². The zero-order valence-electron chi connectivity index (χ0n) is 15.9. The largest absolute Gasteiger partial charge is 0.448 e. The van der Waals surface area contributed by atoms with Gasteiger partial charge in [-0.2, -0.15) is 9.90 Å². The molecule has 1 aliphatic carbocycles. The fourth-order valence-electron chi connectivity index (χ4n) is 3.26. The molecule has 1 amide bonds. The summed E-state index contributed by atoms with van der Waals surface area (Å²) in [5.74, 6) is -0.901. The lowest BCUT2D eigenvalue weighted by molar-refractivity contribution is -0.129. The summed E-state index contributed by atoms with van der Waals surface area (Å²) in [6.45, 7) is 3.28. The fourth-order valence-corrected chi connectivity index (χ4v) is 3.26. The van der Waals surface area contributed by atoms with Crippen LogP contribution >= 0.6 is 0 Å². The van der Waals surface area contributed by atoms with E-state index in [-0.39, 0.29) is 17.6 Å². The predicted octanol–water partition coefficient (Wildman–Crippen LogP) is 2.96. The highest BCUT2D eigenvalue weighted by molar-refractivity contribution is 5.91. The maximum Gasteiger partial charge on any atom is 0.361 e. The van der Waals surface area contributed by atoms with Gasteiger partial charge in [-0.25, -0.2) is 4.79 Å². The minimum Gasteiger partial charge on any atom is -0.448 e. The van der Waals surface area contributed by atoms with Crippen LogP contribution in [0.2, 0.25) is 0 Å². The van der Waals surface area contributed by atoms with E-state index >= 15 is 0 Å². The lowest BCUT2D eigenvalue weighted by Gasteiger charge is -2.19. The number of rotatable bonds is 5. The molecule has 1 saturated carbocycles. The van der Waals surface area contributed by atoms with E-state index in [1.165, 1.54) is 17.6 Å². The predicted molar refractivity (Wildman–Crippen MR) is 101 cm³/mol. The maximum absolute atomic E-state index is 12.5. The van der Waals surface area contributed by atoms with Gasteiger partial charge in [0.25, 0.3) is 5.91 Å².